The van der Waals surface area contributed by atoms with E-state index in [-0.39, 0.29) is 5.91 Å². The Balaban J connectivity index is 1.63. The van der Waals surface area contributed by atoms with Crippen LogP contribution < -0.4 is 11.1 Å². The van der Waals surface area contributed by atoms with Crippen molar-refractivity contribution in [2.75, 3.05) is 26.2 Å². The van der Waals surface area contributed by atoms with Gasteiger partial charge in [0.25, 0.3) is 0 Å². The molecular formula is C15H29N3O. The molecule has 0 bridgehead atoms. The Bertz CT molecular complexity index is 269. The minimum absolute atomic E-state index is 0.119. The van der Waals surface area contributed by atoms with E-state index in [9.17, 15) is 4.79 Å². The summed E-state index contributed by atoms with van der Waals surface area (Å²) >= 11 is 0. The van der Waals surface area contributed by atoms with E-state index in [1.54, 1.807) is 0 Å². The van der Waals surface area contributed by atoms with E-state index in [4.69, 9.17) is 5.73 Å². The number of hydrogen-bond acceptors (Lipinski definition) is 3. The molecule has 1 aliphatic carbocycles. The second-order valence-corrected chi connectivity index (χ2v) is 6.19. The number of likely N-dealkylation sites (tertiary alicyclic amines) is 1. The highest BCUT2D eigenvalue weighted by Crippen LogP contribution is 2.25. The highest BCUT2D eigenvalue weighted by molar-refractivity contribution is 5.76. The summed E-state index contributed by atoms with van der Waals surface area (Å²) in [5.41, 5.74) is 5.39. The third-order valence-electron chi connectivity index (χ3n) is 4.57. The van der Waals surface area contributed by atoms with Crippen LogP contribution in [0, 0.1) is 5.92 Å². The van der Waals surface area contributed by atoms with Gasteiger partial charge in [0.05, 0.1) is 0 Å². The summed E-state index contributed by atoms with van der Waals surface area (Å²) < 4.78 is 0. The van der Waals surface area contributed by atoms with E-state index < -0.39 is 0 Å². The zero-order chi connectivity index (χ0) is 13.5. The largest absolute Gasteiger partial charge is 0.353 e. The number of piperidine rings is 1. The number of nitrogens with one attached hydrogen (secondary N) is 1. The lowest BCUT2D eigenvalue weighted by Crippen LogP contribution is -2.46. The molecule has 3 N–H and O–H groups in total. The summed E-state index contributed by atoms with van der Waals surface area (Å²) in [7, 11) is 0. The topological polar surface area (TPSA) is 58.4 Å². The van der Waals surface area contributed by atoms with E-state index in [1.165, 1.54) is 38.6 Å². The van der Waals surface area contributed by atoms with Gasteiger partial charge in [0.15, 0.2) is 0 Å². The maximum Gasteiger partial charge on any atom is 0.221 e. The monoisotopic (exact) mass is 267 g/mol. The highest BCUT2D eigenvalue weighted by Gasteiger charge is 2.23. The first-order chi connectivity index (χ1) is 9.28. The zero-order valence-corrected chi connectivity index (χ0v) is 12.1. The van der Waals surface area contributed by atoms with Gasteiger partial charge in [-0.05, 0) is 31.6 Å². The molecule has 0 aromatic heterocycles. The molecule has 1 amide bonds. The maximum atomic E-state index is 11.5. The van der Waals surface area contributed by atoms with Crippen LogP contribution in [0.15, 0.2) is 0 Å². The minimum Gasteiger partial charge on any atom is -0.353 e. The lowest BCUT2D eigenvalue weighted by molar-refractivity contribution is -0.121. The first-order valence-corrected chi connectivity index (χ1v) is 7.99. The minimum atomic E-state index is 0.119. The van der Waals surface area contributed by atoms with Gasteiger partial charge in [-0.15, -0.1) is 0 Å². The van der Waals surface area contributed by atoms with E-state index in [1.807, 2.05) is 0 Å². The van der Waals surface area contributed by atoms with Crippen molar-refractivity contribution in [3.05, 3.63) is 0 Å². The highest BCUT2D eigenvalue weighted by atomic mass is 16.1. The van der Waals surface area contributed by atoms with Crippen LogP contribution in [0.4, 0.5) is 0 Å². The van der Waals surface area contributed by atoms with Crippen LogP contribution in [-0.4, -0.2) is 43.0 Å². The average molecular weight is 267 g/mol. The fourth-order valence-electron chi connectivity index (χ4n) is 3.43. The summed E-state index contributed by atoms with van der Waals surface area (Å²) in [4.78, 5) is 14.1. The van der Waals surface area contributed by atoms with Gasteiger partial charge in [0.1, 0.15) is 0 Å². The molecule has 0 radical (unpaired) electrons. The van der Waals surface area contributed by atoms with Gasteiger partial charge >= 0.3 is 0 Å². The van der Waals surface area contributed by atoms with Crippen molar-refractivity contribution in [1.82, 2.24) is 10.2 Å². The Labute approximate surface area is 117 Å². The Kier molecular flexibility index (Phi) is 6.11. The second-order valence-electron chi connectivity index (χ2n) is 6.19. The first-order valence-electron chi connectivity index (χ1n) is 7.99. The molecule has 1 aliphatic heterocycles. The number of hydrogen-bond donors (Lipinski definition) is 2. The van der Waals surface area contributed by atoms with Crippen molar-refractivity contribution in [3.63, 3.8) is 0 Å². The molecule has 1 heterocycles. The molecule has 19 heavy (non-hydrogen) atoms. The number of carbonyl (C=O) groups is 1. The SMILES string of the molecule is NCCC(=O)NC1CCN(CC2CCCCC2)CC1. The van der Waals surface area contributed by atoms with Gasteiger partial charge < -0.3 is 16.0 Å². The van der Waals surface area contributed by atoms with Crippen molar-refractivity contribution in [2.45, 2.75) is 57.4 Å². The summed E-state index contributed by atoms with van der Waals surface area (Å²) in [6.07, 6.45) is 9.80. The molecule has 4 heteroatoms. The molecule has 0 aromatic rings. The molecule has 0 spiro atoms. The quantitative estimate of drug-likeness (QED) is 0.793. The second kappa shape index (κ2) is 7.85. The number of rotatable bonds is 5. The average Bonchev–Trinajstić information content (AvgIpc) is 2.42. The van der Waals surface area contributed by atoms with Crippen LogP contribution in [0.3, 0.4) is 0 Å². The Morgan fingerprint density at radius 1 is 1.11 bits per heavy atom. The number of amides is 1. The van der Waals surface area contributed by atoms with Crippen molar-refractivity contribution in [1.29, 1.82) is 0 Å². The van der Waals surface area contributed by atoms with E-state index in [2.05, 4.69) is 10.2 Å². The lowest BCUT2D eigenvalue weighted by Gasteiger charge is -2.35. The lowest BCUT2D eigenvalue weighted by atomic mass is 9.88. The Hall–Kier alpha value is -0.610. The smallest absolute Gasteiger partial charge is 0.221 e. The van der Waals surface area contributed by atoms with Crippen LogP contribution in [0.2, 0.25) is 0 Å². The molecular weight excluding hydrogens is 238 g/mol. The van der Waals surface area contributed by atoms with Crippen LogP contribution in [0.1, 0.15) is 51.4 Å². The number of nitrogens with two attached hydrogens (primary N) is 1. The molecule has 0 atom stereocenters. The fourth-order valence-corrected chi connectivity index (χ4v) is 3.43. The van der Waals surface area contributed by atoms with Gasteiger partial charge in [0, 0.05) is 38.6 Å². The normalized spacial score (nSPS) is 23.4. The van der Waals surface area contributed by atoms with E-state index in [0.717, 1.165) is 31.8 Å². The summed E-state index contributed by atoms with van der Waals surface area (Å²) in [6.45, 7) is 4.02. The van der Waals surface area contributed by atoms with Crippen LogP contribution >= 0.6 is 0 Å². The number of nitrogens with zero attached hydrogens (tertiary/aromatic N) is 1. The summed E-state index contributed by atoms with van der Waals surface area (Å²) in [5.74, 6) is 1.05. The molecule has 1 saturated carbocycles. The summed E-state index contributed by atoms with van der Waals surface area (Å²) in [6, 6.07) is 0.377. The van der Waals surface area contributed by atoms with Crippen molar-refractivity contribution >= 4 is 5.91 Å². The fraction of sp³-hybridized carbons (Fsp3) is 0.933. The van der Waals surface area contributed by atoms with Gasteiger partial charge in [-0.25, -0.2) is 0 Å². The predicted molar refractivity (Wildman–Crippen MR) is 77.9 cm³/mol. The molecule has 2 rings (SSSR count). The van der Waals surface area contributed by atoms with Crippen LogP contribution in [-0.2, 0) is 4.79 Å². The Morgan fingerprint density at radius 3 is 2.42 bits per heavy atom. The van der Waals surface area contributed by atoms with E-state index in [0.29, 0.717) is 19.0 Å². The van der Waals surface area contributed by atoms with Crippen LogP contribution in [0.25, 0.3) is 0 Å². The molecule has 2 aliphatic rings. The summed E-state index contributed by atoms with van der Waals surface area (Å²) in [5, 5.41) is 3.10. The zero-order valence-electron chi connectivity index (χ0n) is 12.1. The molecule has 2 fully saturated rings. The maximum absolute atomic E-state index is 11.5. The standard InChI is InChI=1S/C15H29N3O/c16-9-6-15(19)17-14-7-10-18(11-8-14)12-13-4-2-1-3-5-13/h13-14H,1-12,16H2,(H,17,19). The molecule has 0 aromatic carbocycles. The molecule has 0 unspecified atom stereocenters. The van der Waals surface area contributed by atoms with Crippen molar-refractivity contribution < 1.29 is 4.79 Å². The number of carbonyl (C=O) groups excluding carboxylic acids is 1. The predicted octanol–water partition coefficient (Wildman–Crippen LogP) is 1.50. The van der Waals surface area contributed by atoms with Crippen molar-refractivity contribution in [3.8, 4) is 0 Å². The molecule has 1 saturated heterocycles. The Morgan fingerprint density at radius 2 is 1.79 bits per heavy atom. The first kappa shape index (κ1) is 14.8. The molecule has 110 valence electrons. The third-order valence-corrected chi connectivity index (χ3v) is 4.57. The van der Waals surface area contributed by atoms with E-state index >= 15 is 0 Å². The van der Waals surface area contributed by atoms with Gasteiger partial charge in [-0.2, -0.15) is 0 Å². The van der Waals surface area contributed by atoms with Gasteiger partial charge in [-0.3, -0.25) is 4.79 Å². The third kappa shape index (κ3) is 5.11. The van der Waals surface area contributed by atoms with Gasteiger partial charge in [0.2, 0.25) is 5.91 Å². The van der Waals surface area contributed by atoms with Crippen LogP contribution in [0.5, 0.6) is 0 Å². The van der Waals surface area contributed by atoms with Crippen molar-refractivity contribution in [2.24, 2.45) is 11.7 Å². The molecule has 4 nitrogen and oxygen atoms in total. The van der Waals surface area contributed by atoms with Gasteiger partial charge in [-0.1, -0.05) is 19.3 Å².